The normalized spacial score (nSPS) is 33.7. The quantitative estimate of drug-likeness (QED) is 0.438. The van der Waals surface area contributed by atoms with Gasteiger partial charge >= 0.3 is 0 Å². The predicted octanol–water partition coefficient (Wildman–Crippen LogP) is 2.47. The lowest BCUT2D eigenvalue weighted by atomic mass is 9.62. The zero-order chi connectivity index (χ0) is 27.2. The van der Waals surface area contributed by atoms with Crippen LogP contribution in [0.5, 0.6) is 0 Å². The molecular formula is C28H45N3O5. The molecule has 3 unspecified atom stereocenters. The van der Waals surface area contributed by atoms with Crippen molar-refractivity contribution in [3.05, 3.63) is 25.3 Å². The monoisotopic (exact) mass is 503 g/mol. The van der Waals surface area contributed by atoms with E-state index < -0.39 is 35.1 Å². The van der Waals surface area contributed by atoms with Crippen molar-refractivity contribution in [1.29, 1.82) is 0 Å². The predicted molar refractivity (Wildman–Crippen MR) is 139 cm³/mol. The van der Waals surface area contributed by atoms with Gasteiger partial charge in [-0.3, -0.25) is 14.4 Å². The van der Waals surface area contributed by atoms with Crippen LogP contribution in [0.4, 0.5) is 0 Å². The van der Waals surface area contributed by atoms with Gasteiger partial charge in [-0.05, 0) is 45.4 Å². The highest BCUT2D eigenvalue weighted by Gasteiger charge is 2.80. The van der Waals surface area contributed by atoms with Crippen molar-refractivity contribution in [1.82, 2.24) is 14.7 Å². The van der Waals surface area contributed by atoms with Gasteiger partial charge in [-0.25, -0.2) is 0 Å². The van der Waals surface area contributed by atoms with E-state index >= 15 is 0 Å². The van der Waals surface area contributed by atoms with Crippen molar-refractivity contribution < 1.29 is 24.2 Å². The van der Waals surface area contributed by atoms with Crippen molar-refractivity contribution in [2.24, 2.45) is 23.7 Å². The fourth-order valence-electron chi connectivity index (χ4n) is 6.92. The Bertz CT molecular complexity index is 904. The summed E-state index contributed by atoms with van der Waals surface area (Å²) < 4.78 is 6.80. The molecule has 3 saturated heterocycles. The van der Waals surface area contributed by atoms with E-state index in [4.69, 9.17) is 4.74 Å². The summed E-state index contributed by atoms with van der Waals surface area (Å²) in [7, 11) is 1.70. The Morgan fingerprint density at radius 3 is 2.31 bits per heavy atom. The fourth-order valence-corrected chi connectivity index (χ4v) is 6.92. The number of hydrogen-bond acceptors (Lipinski definition) is 5. The number of carbonyl (C=O) groups is 3. The molecule has 3 rings (SSSR count). The molecule has 3 amide bonds. The van der Waals surface area contributed by atoms with E-state index in [1.54, 1.807) is 33.9 Å². The Kier molecular flexibility index (Phi) is 8.11. The first-order valence-corrected chi connectivity index (χ1v) is 13.2. The first-order chi connectivity index (χ1) is 16.8. The van der Waals surface area contributed by atoms with E-state index in [1.807, 2.05) is 41.5 Å². The highest BCUT2D eigenvalue weighted by atomic mass is 16.5. The smallest absolute Gasteiger partial charge is 0.248 e. The van der Waals surface area contributed by atoms with Crippen molar-refractivity contribution in [3.63, 3.8) is 0 Å². The maximum absolute atomic E-state index is 14.3. The molecule has 3 fully saturated rings. The van der Waals surface area contributed by atoms with Crippen molar-refractivity contribution in [2.45, 2.75) is 83.7 Å². The first-order valence-electron chi connectivity index (χ1n) is 13.2. The lowest BCUT2D eigenvalue weighted by molar-refractivity contribution is -0.158. The van der Waals surface area contributed by atoms with E-state index in [0.29, 0.717) is 25.9 Å². The van der Waals surface area contributed by atoms with Gasteiger partial charge in [0.2, 0.25) is 17.7 Å². The molecule has 3 aliphatic rings. The number of carbonyl (C=O) groups excluding carboxylic acids is 3. The number of nitrogens with zero attached hydrogens (tertiary/aromatic N) is 3. The number of aliphatic hydroxyl groups excluding tert-OH is 1. The molecule has 3 aliphatic heterocycles. The average Bonchev–Trinajstić information content (AvgIpc) is 3.31. The Hall–Kier alpha value is -2.19. The number of rotatable bonds is 11. The molecule has 7 atom stereocenters. The van der Waals surface area contributed by atoms with Crippen molar-refractivity contribution in [2.75, 3.05) is 26.7 Å². The maximum atomic E-state index is 14.3. The Labute approximate surface area is 216 Å². The third-order valence-corrected chi connectivity index (χ3v) is 8.61. The van der Waals surface area contributed by atoms with Crippen LogP contribution in [0.15, 0.2) is 25.3 Å². The third kappa shape index (κ3) is 4.20. The number of hydrogen-bond donors (Lipinski definition) is 1. The fraction of sp³-hybridized carbons (Fsp3) is 0.750. The molecule has 2 bridgehead atoms. The van der Waals surface area contributed by atoms with Gasteiger partial charge in [0.1, 0.15) is 11.6 Å². The van der Waals surface area contributed by atoms with Gasteiger partial charge in [0.15, 0.2) is 0 Å². The minimum absolute atomic E-state index is 0.0348. The van der Waals surface area contributed by atoms with E-state index in [2.05, 4.69) is 13.2 Å². The first kappa shape index (κ1) is 28.4. The van der Waals surface area contributed by atoms with Crippen LogP contribution in [0, 0.1) is 23.7 Å². The average molecular weight is 504 g/mol. The Balaban J connectivity index is 2.20. The standard InChI is InChI=1S/C28H45N3O5/c1-10-12-29(9)24(33)21-22-25(34)31(20(16-32)14-17(3)4)23(26(35)30(13-11-2)18(5)6)28(22)15-19(7)27(21,8)36-28/h10-11,17-23,32H,1-2,12-16H2,3-9H3/t19?,20-,21-,22+,23?,27+,28?/m1/s1. The number of likely N-dealkylation sites (N-methyl/N-ethyl adjacent to an activating group) is 1. The largest absolute Gasteiger partial charge is 0.394 e. The number of ether oxygens (including phenoxy) is 1. The summed E-state index contributed by atoms with van der Waals surface area (Å²) in [5, 5.41) is 10.4. The van der Waals surface area contributed by atoms with Gasteiger partial charge in [-0.15, -0.1) is 13.2 Å². The number of likely N-dealkylation sites (tertiary alicyclic amines) is 1. The molecule has 0 aromatic rings. The Morgan fingerprint density at radius 1 is 1.19 bits per heavy atom. The zero-order valence-corrected chi connectivity index (χ0v) is 23.1. The van der Waals surface area contributed by atoms with Gasteiger partial charge in [0, 0.05) is 26.2 Å². The van der Waals surface area contributed by atoms with Crippen LogP contribution >= 0.6 is 0 Å². The van der Waals surface area contributed by atoms with Crippen LogP contribution < -0.4 is 0 Å². The van der Waals surface area contributed by atoms with Gasteiger partial charge in [-0.2, -0.15) is 0 Å². The zero-order valence-electron chi connectivity index (χ0n) is 23.1. The Morgan fingerprint density at radius 2 is 1.81 bits per heavy atom. The van der Waals surface area contributed by atoms with E-state index in [1.165, 1.54) is 0 Å². The SMILES string of the molecule is C=CCN(C)C(=O)[C@H]1[C@H]2C(=O)N([C@@H](CO)CC(C)C)C(C(=O)N(CC=C)C(C)C)C23CC(C)[C@]1(C)O3. The highest BCUT2D eigenvalue weighted by Crippen LogP contribution is 2.65. The number of fused-ring (bicyclic) bond motifs is 1. The molecule has 0 aromatic carbocycles. The van der Waals surface area contributed by atoms with Crippen molar-refractivity contribution >= 4 is 17.7 Å². The molecule has 0 aliphatic carbocycles. The second-order valence-electron chi connectivity index (χ2n) is 11.8. The lowest BCUT2D eigenvalue weighted by Crippen LogP contribution is -2.60. The van der Waals surface area contributed by atoms with E-state index in [0.717, 1.165) is 0 Å². The van der Waals surface area contributed by atoms with E-state index in [9.17, 15) is 19.5 Å². The molecule has 3 heterocycles. The summed E-state index contributed by atoms with van der Waals surface area (Å²) in [6, 6.07) is -1.58. The summed E-state index contributed by atoms with van der Waals surface area (Å²) in [6.45, 7) is 19.9. The second kappa shape index (κ2) is 10.3. The molecule has 8 heteroatoms. The van der Waals surface area contributed by atoms with Gasteiger partial charge < -0.3 is 24.5 Å². The molecule has 202 valence electrons. The van der Waals surface area contributed by atoms with Gasteiger partial charge in [-0.1, -0.05) is 32.9 Å². The maximum Gasteiger partial charge on any atom is 0.248 e. The van der Waals surface area contributed by atoms with Crippen molar-refractivity contribution in [3.8, 4) is 0 Å². The topological polar surface area (TPSA) is 90.4 Å². The minimum atomic E-state index is -1.13. The van der Waals surface area contributed by atoms with Crippen LogP contribution in [-0.4, -0.2) is 93.6 Å². The molecular weight excluding hydrogens is 458 g/mol. The third-order valence-electron chi connectivity index (χ3n) is 8.61. The molecule has 0 saturated carbocycles. The van der Waals surface area contributed by atoms with Crippen LogP contribution in [0.1, 0.15) is 54.4 Å². The summed E-state index contributed by atoms with van der Waals surface area (Å²) in [5.41, 5.74) is -2.00. The lowest BCUT2D eigenvalue weighted by Gasteiger charge is -2.41. The van der Waals surface area contributed by atoms with Crippen LogP contribution in [0.2, 0.25) is 0 Å². The number of amides is 3. The van der Waals surface area contributed by atoms with E-state index in [-0.39, 0.29) is 42.2 Å². The number of aliphatic hydroxyl groups is 1. The molecule has 36 heavy (non-hydrogen) atoms. The van der Waals surface area contributed by atoms with Gasteiger partial charge in [0.05, 0.1) is 30.1 Å². The molecule has 0 aromatic heterocycles. The minimum Gasteiger partial charge on any atom is -0.394 e. The summed E-state index contributed by atoms with van der Waals surface area (Å²) >= 11 is 0. The van der Waals surface area contributed by atoms with Crippen LogP contribution in [0.25, 0.3) is 0 Å². The van der Waals surface area contributed by atoms with Crippen LogP contribution in [0.3, 0.4) is 0 Å². The summed E-state index contributed by atoms with van der Waals surface area (Å²) in [6.07, 6.45) is 4.38. The highest BCUT2D eigenvalue weighted by molar-refractivity contribution is 5.99. The molecule has 1 N–H and O–H groups in total. The second-order valence-corrected chi connectivity index (χ2v) is 11.8. The van der Waals surface area contributed by atoms with Crippen LogP contribution in [-0.2, 0) is 19.1 Å². The molecule has 1 spiro atoms. The summed E-state index contributed by atoms with van der Waals surface area (Å²) in [4.78, 5) is 47.3. The van der Waals surface area contributed by atoms with Gasteiger partial charge in [0.25, 0.3) is 0 Å². The summed E-state index contributed by atoms with van der Waals surface area (Å²) in [5.74, 6) is -2.00. The molecule has 0 radical (unpaired) electrons. The molecule has 8 nitrogen and oxygen atoms in total.